The molecule has 5 rings (SSSR count). The van der Waals surface area contributed by atoms with E-state index in [0.717, 1.165) is 6.26 Å². The summed E-state index contributed by atoms with van der Waals surface area (Å²) in [5, 5.41) is 10.7. The number of nitrogens with zero attached hydrogens (tertiary/aromatic N) is 4. The molecule has 1 N–H and O–H groups in total. The molecule has 2 aromatic heterocycles. The summed E-state index contributed by atoms with van der Waals surface area (Å²) in [4.78, 5) is 14.6. The van der Waals surface area contributed by atoms with Crippen LogP contribution >= 0.6 is 0 Å². The first-order valence-electron chi connectivity index (χ1n) is 16.4. The van der Waals surface area contributed by atoms with Crippen LogP contribution in [0, 0.1) is 23.1 Å². The van der Waals surface area contributed by atoms with Gasteiger partial charge < -0.3 is 24.2 Å². The second-order valence-corrected chi connectivity index (χ2v) is 21.6. The molecule has 0 saturated carbocycles. The number of anilines is 1. The predicted octanol–water partition coefficient (Wildman–Crippen LogP) is 6.66. The van der Waals surface area contributed by atoms with E-state index in [1.165, 1.54) is 26.4 Å². The molecule has 1 fully saturated rings. The van der Waals surface area contributed by atoms with Crippen LogP contribution in [0.1, 0.15) is 54.0 Å². The molecular weight excluding hydrogens is 683 g/mol. The van der Waals surface area contributed by atoms with Crippen molar-refractivity contribution in [1.82, 2.24) is 15.0 Å². The van der Waals surface area contributed by atoms with E-state index in [9.17, 15) is 13.5 Å². The fourth-order valence-corrected chi connectivity index (χ4v) is 13.0. The van der Waals surface area contributed by atoms with Gasteiger partial charge in [-0.2, -0.15) is 0 Å². The second-order valence-electron chi connectivity index (χ2n) is 14.2. The molecule has 3 heterocycles. The molecule has 1 aliphatic rings. The Hall–Kier alpha value is -3.90. The normalized spacial score (nSPS) is 14.8. The van der Waals surface area contributed by atoms with Gasteiger partial charge >= 0.3 is 0 Å². The molecule has 1 aliphatic heterocycles. The van der Waals surface area contributed by atoms with E-state index < -0.39 is 40.3 Å². The van der Waals surface area contributed by atoms with Crippen molar-refractivity contribution in [3.05, 3.63) is 41.5 Å². The summed E-state index contributed by atoms with van der Waals surface area (Å²) >= 11 is 0. The number of β-amino-alcohol motifs (C(OH)–C–C–N with tert-alkyl or cyclic N) is 1. The van der Waals surface area contributed by atoms with Gasteiger partial charge in [-0.15, -0.1) is 5.54 Å². The van der Waals surface area contributed by atoms with E-state index in [4.69, 9.17) is 14.2 Å². The molecule has 10 nitrogen and oxygen atoms in total. The highest BCUT2D eigenvalue weighted by molar-refractivity contribution is 7.90. The number of aromatic nitrogens is 3. The topological polar surface area (TPSA) is 124 Å². The standard InChI is InChI=1S/C36H44F2N4O6SSi/c1-20(2)50(21(3)4,22(5)6)14-13-25-27(37)12-11-23-15-24(48-19-46-8)16-26(28(23)25)31-30(38)32-29(34(39-31)47-9)33(42-17-36(7,43)18-42)41-35(40-32)49(10,44)45/h11-12,15-16,20-22,43H,17-19H2,1-10H3. The Morgan fingerprint density at radius 1 is 1.00 bits per heavy atom. The number of halogens is 2. The van der Waals surface area contributed by atoms with Crippen LogP contribution in [0.3, 0.4) is 0 Å². The van der Waals surface area contributed by atoms with E-state index in [1.54, 1.807) is 24.0 Å². The van der Waals surface area contributed by atoms with Crippen molar-refractivity contribution >= 4 is 45.4 Å². The number of hydrogen-bond acceptors (Lipinski definition) is 10. The average molecular weight is 727 g/mol. The van der Waals surface area contributed by atoms with Gasteiger partial charge in [-0.1, -0.05) is 53.5 Å². The minimum absolute atomic E-state index is 0.0283. The predicted molar refractivity (Wildman–Crippen MR) is 193 cm³/mol. The number of aliphatic hydroxyl groups is 1. The number of methoxy groups -OCH3 is 2. The zero-order valence-electron chi connectivity index (χ0n) is 30.1. The van der Waals surface area contributed by atoms with E-state index in [0.29, 0.717) is 16.5 Å². The highest BCUT2D eigenvalue weighted by Gasteiger charge is 2.42. The van der Waals surface area contributed by atoms with Crippen molar-refractivity contribution in [2.75, 3.05) is 45.3 Å². The molecule has 2 aromatic carbocycles. The maximum Gasteiger partial charge on any atom is 0.249 e. The van der Waals surface area contributed by atoms with Crippen LogP contribution in [0.15, 0.2) is 29.4 Å². The van der Waals surface area contributed by atoms with E-state index >= 15 is 8.78 Å². The molecule has 0 unspecified atom stereocenters. The summed E-state index contributed by atoms with van der Waals surface area (Å²) in [6.07, 6.45) is 0.925. The third-order valence-corrected chi connectivity index (χ3v) is 16.6. The molecular formula is C36H44F2N4O6SSi. The minimum atomic E-state index is -4.02. The van der Waals surface area contributed by atoms with Crippen molar-refractivity contribution in [1.29, 1.82) is 0 Å². The lowest BCUT2D eigenvalue weighted by molar-refractivity contribution is 0.0306. The fourth-order valence-electron chi connectivity index (χ4n) is 7.29. The van der Waals surface area contributed by atoms with Gasteiger partial charge in [0.1, 0.15) is 42.1 Å². The summed E-state index contributed by atoms with van der Waals surface area (Å²) in [5.41, 5.74) is 2.92. The highest BCUT2D eigenvalue weighted by Crippen LogP contribution is 2.44. The summed E-state index contributed by atoms with van der Waals surface area (Å²) < 4.78 is 75.3. The van der Waals surface area contributed by atoms with E-state index in [-0.39, 0.29) is 75.9 Å². The maximum atomic E-state index is 17.1. The second kappa shape index (κ2) is 13.7. The van der Waals surface area contributed by atoms with Gasteiger partial charge in [0.25, 0.3) is 0 Å². The molecule has 0 radical (unpaired) electrons. The SMILES string of the molecule is COCOc1cc(-c2nc(OC)c3c(N4CC(C)(O)C4)nc(S(C)(=O)=O)nc3c2F)c2c(C#C[Si](C(C)C)(C(C)C)C(C)C)c(F)ccc2c1. The van der Waals surface area contributed by atoms with Crippen LogP contribution in [0.5, 0.6) is 11.6 Å². The summed E-state index contributed by atoms with van der Waals surface area (Å²) in [6.45, 7) is 14.7. The molecule has 268 valence electrons. The van der Waals surface area contributed by atoms with Crippen molar-refractivity contribution < 1.29 is 36.5 Å². The molecule has 0 amide bonds. The Kier molecular flexibility index (Phi) is 10.2. The zero-order valence-corrected chi connectivity index (χ0v) is 31.9. The lowest BCUT2D eigenvalue weighted by Crippen LogP contribution is -2.60. The number of rotatable bonds is 10. The Bertz CT molecular complexity index is 2120. The number of fused-ring (bicyclic) bond motifs is 2. The lowest BCUT2D eigenvalue weighted by Gasteiger charge is -2.45. The molecule has 14 heteroatoms. The smallest absolute Gasteiger partial charge is 0.249 e. The Morgan fingerprint density at radius 3 is 2.18 bits per heavy atom. The monoisotopic (exact) mass is 726 g/mol. The highest BCUT2D eigenvalue weighted by atomic mass is 32.2. The summed E-state index contributed by atoms with van der Waals surface area (Å²) in [5.74, 6) is 1.91. The van der Waals surface area contributed by atoms with Gasteiger partial charge in [0.2, 0.25) is 20.9 Å². The number of pyridine rings is 1. The number of sulfone groups is 1. The first-order chi connectivity index (χ1) is 23.4. The zero-order chi connectivity index (χ0) is 36.9. The first-order valence-corrected chi connectivity index (χ1v) is 20.5. The molecule has 0 atom stereocenters. The molecule has 4 aromatic rings. The largest absolute Gasteiger partial charge is 0.480 e. The lowest BCUT2D eigenvalue weighted by atomic mass is 9.95. The van der Waals surface area contributed by atoms with Gasteiger partial charge in [0, 0.05) is 37.4 Å². The summed E-state index contributed by atoms with van der Waals surface area (Å²) in [6, 6.07) is 6.09. The van der Waals surface area contributed by atoms with Crippen LogP contribution in [0.4, 0.5) is 14.6 Å². The Balaban J connectivity index is 1.91. The van der Waals surface area contributed by atoms with Crippen LogP contribution in [0.2, 0.25) is 16.6 Å². The summed E-state index contributed by atoms with van der Waals surface area (Å²) in [7, 11) is -3.55. The maximum absolute atomic E-state index is 17.1. The number of hydrogen-bond donors (Lipinski definition) is 1. The molecule has 0 spiro atoms. The van der Waals surface area contributed by atoms with Crippen molar-refractivity contribution in [2.24, 2.45) is 0 Å². The average Bonchev–Trinajstić information content (AvgIpc) is 3.02. The van der Waals surface area contributed by atoms with Crippen molar-refractivity contribution in [3.63, 3.8) is 0 Å². The third-order valence-electron chi connectivity index (χ3n) is 9.51. The molecule has 1 saturated heterocycles. The van der Waals surface area contributed by atoms with Gasteiger partial charge in [-0.25, -0.2) is 32.2 Å². The van der Waals surface area contributed by atoms with Crippen LogP contribution in [0.25, 0.3) is 32.9 Å². The number of ether oxygens (including phenoxy) is 3. The van der Waals surface area contributed by atoms with Gasteiger partial charge in [-0.05, 0) is 47.1 Å². The van der Waals surface area contributed by atoms with Crippen LogP contribution in [-0.4, -0.2) is 82.5 Å². The van der Waals surface area contributed by atoms with Crippen LogP contribution in [-0.2, 0) is 14.6 Å². The molecule has 50 heavy (non-hydrogen) atoms. The quantitative estimate of drug-likeness (QED) is 0.0822. The first kappa shape index (κ1) is 37.4. The molecule has 0 aliphatic carbocycles. The van der Waals surface area contributed by atoms with Crippen LogP contribution < -0.4 is 14.4 Å². The Labute approximate surface area is 293 Å². The Morgan fingerprint density at radius 2 is 1.64 bits per heavy atom. The van der Waals surface area contributed by atoms with Gasteiger partial charge in [0.15, 0.2) is 12.6 Å². The van der Waals surface area contributed by atoms with E-state index in [1.807, 2.05) is 0 Å². The van der Waals surface area contributed by atoms with Crippen molar-refractivity contribution in [3.8, 4) is 34.4 Å². The van der Waals surface area contributed by atoms with Gasteiger partial charge in [0.05, 0.1) is 18.3 Å². The molecule has 0 bridgehead atoms. The fraction of sp³-hybridized carbons (Fsp3) is 0.472. The number of benzene rings is 2. The van der Waals surface area contributed by atoms with E-state index in [2.05, 4.69) is 68.0 Å². The third kappa shape index (κ3) is 6.64. The van der Waals surface area contributed by atoms with Gasteiger partial charge in [-0.3, -0.25) is 0 Å². The van der Waals surface area contributed by atoms with Crippen molar-refractivity contribution in [2.45, 2.75) is 75.8 Å². The minimum Gasteiger partial charge on any atom is -0.480 e.